The van der Waals surface area contributed by atoms with Gasteiger partial charge >= 0.3 is 0 Å². The first kappa shape index (κ1) is 13.8. The number of halogens is 1. The topological polar surface area (TPSA) is 50.0 Å². The summed E-state index contributed by atoms with van der Waals surface area (Å²) in [6, 6.07) is 9.66. The van der Waals surface area contributed by atoms with Crippen molar-refractivity contribution in [1.82, 2.24) is 9.13 Å². The van der Waals surface area contributed by atoms with Crippen LogP contribution in [0.4, 0.5) is 0 Å². The van der Waals surface area contributed by atoms with Gasteiger partial charge in [-0.1, -0.05) is 48.2 Å². The molecule has 2 heterocycles. The van der Waals surface area contributed by atoms with E-state index in [4.69, 9.17) is 11.6 Å². The zero-order chi connectivity index (χ0) is 14.8. The van der Waals surface area contributed by atoms with Gasteiger partial charge in [0.05, 0.1) is 18.4 Å². The number of fused-ring (bicyclic) bond motifs is 1. The predicted octanol–water partition coefficient (Wildman–Crippen LogP) is -0.234. The van der Waals surface area contributed by atoms with Gasteiger partial charge in [0, 0.05) is 5.88 Å². The molecule has 4 nitrogen and oxygen atoms in total. The van der Waals surface area contributed by atoms with Crippen LogP contribution in [0.1, 0.15) is 5.56 Å². The number of aromatic nitrogens is 2. The molecule has 0 aliphatic carbocycles. The second kappa shape index (κ2) is 5.66. The SMILES string of the molecule is O=c1c(=C([O-])CCl)n2c(n1Cc1ccccc1)=CC=C[CH]2. The van der Waals surface area contributed by atoms with E-state index >= 15 is 0 Å². The summed E-state index contributed by atoms with van der Waals surface area (Å²) in [5.74, 6) is -0.573. The maximum absolute atomic E-state index is 12.6. The number of hydrogen-bond donors (Lipinski definition) is 0. The van der Waals surface area contributed by atoms with Gasteiger partial charge in [-0.2, -0.15) is 0 Å². The lowest BCUT2D eigenvalue weighted by Gasteiger charge is -2.09. The fraction of sp³-hybridized carbons (Fsp3) is 0.125. The lowest BCUT2D eigenvalue weighted by molar-refractivity contribution is -0.248. The molecule has 0 amide bonds. The maximum Gasteiger partial charge on any atom is 0.275 e. The van der Waals surface area contributed by atoms with E-state index in [9.17, 15) is 9.90 Å². The zero-order valence-corrected chi connectivity index (χ0v) is 12.0. The van der Waals surface area contributed by atoms with Crippen LogP contribution in [0.3, 0.4) is 0 Å². The smallest absolute Gasteiger partial charge is 0.275 e. The molecular weight excluding hydrogens is 288 g/mol. The van der Waals surface area contributed by atoms with Crippen LogP contribution in [0.15, 0.2) is 47.3 Å². The van der Waals surface area contributed by atoms with E-state index in [2.05, 4.69) is 0 Å². The van der Waals surface area contributed by atoms with Crippen molar-refractivity contribution < 1.29 is 5.11 Å². The van der Waals surface area contributed by atoms with E-state index < -0.39 is 0 Å². The highest BCUT2D eigenvalue weighted by atomic mass is 35.5. The highest BCUT2D eigenvalue weighted by molar-refractivity contribution is 6.21. The first-order chi connectivity index (χ1) is 10.2. The number of rotatable bonds is 3. The number of alkyl halides is 1. The Morgan fingerprint density at radius 3 is 2.67 bits per heavy atom. The Kier molecular flexibility index (Phi) is 3.71. The van der Waals surface area contributed by atoms with Crippen molar-refractivity contribution in [2.24, 2.45) is 0 Å². The van der Waals surface area contributed by atoms with Crippen molar-refractivity contribution >= 4 is 23.4 Å². The molecule has 0 saturated heterocycles. The molecule has 1 aromatic heterocycles. The molecule has 0 atom stereocenters. The number of hydrogen-bond acceptors (Lipinski definition) is 2. The molecule has 0 spiro atoms. The Morgan fingerprint density at radius 2 is 1.95 bits per heavy atom. The van der Waals surface area contributed by atoms with Crippen LogP contribution in [0.2, 0.25) is 0 Å². The highest BCUT2D eigenvalue weighted by Crippen LogP contribution is 2.00. The Morgan fingerprint density at radius 1 is 1.19 bits per heavy atom. The molecule has 1 aliphatic rings. The fourth-order valence-electron chi connectivity index (χ4n) is 2.41. The highest BCUT2D eigenvalue weighted by Gasteiger charge is 2.12. The van der Waals surface area contributed by atoms with Crippen LogP contribution in [0.5, 0.6) is 0 Å². The van der Waals surface area contributed by atoms with E-state index in [-0.39, 0.29) is 22.5 Å². The third-order valence-electron chi connectivity index (χ3n) is 3.37. The van der Waals surface area contributed by atoms with Crippen LogP contribution < -0.4 is 21.5 Å². The van der Waals surface area contributed by atoms with Crippen LogP contribution in [-0.4, -0.2) is 15.0 Å². The Hall–Kier alpha value is -2.20. The standard InChI is InChI=1S/C16H14ClN2O2/c17-10-13(20)15-16(21)19(11-12-6-2-1-3-7-12)14-8-4-5-9-18(14)15/h1-9,20H,10-11H2/p-1. The van der Waals surface area contributed by atoms with Gasteiger partial charge in [-0.3, -0.25) is 9.36 Å². The molecule has 5 heteroatoms. The van der Waals surface area contributed by atoms with Crippen LogP contribution in [0.25, 0.3) is 11.8 Å². The summed E-state index contributed by atoms with van der Waals surface area (Å²) in [5.41, 5.74) is 1.37. The van der Waals surface area contributed by atoms with E-state index in [1.165, 1.54) is 0 Å². The van der Waals surface area contributed by atoms with Gasteiger partial charge in [0.2, 0.25) is 0 Å². The lowest BCUT2D eigenvalue weighted by atomic mass is 10.2. The number of imidazole rings is 1. The minimum absolute atomic E-state index is 0.108. The largest absolute Gasteiger partial charge is 0.873 e. The summed E-state index contributed by atoms with van der Waals surface area (Å²) >= 11 is 5.62. The Balaban J connectivity index is 2.26. The Labute approximate surface area is 126 Å². The van der Waals surface area contributed by atoms with E-state index in [1.807, 2.05) is 42.5 Å². The summed E-state index contributed by atoms with van der Waals surface area (Å²) in [5, 5.41) is 12.1. The van der Waals surface area contributed by atoms with Gasteiger partial charge in [0.25, 0.3) is 5.56 Å². The first-order valence-electron chi connectivity index (χ1n) is 6.55. The third-order valence-corrected chi connectivity index (χ3v) is 3.62. The van der Waals surface area contributed by atoms with E-state index in [0.717, 1.165) is 5.56 Å². The maximum atomic E-state index is 12.6. The summed E-state index contributed by atoms with van der Waals surface area (Å²) in [6.45, 7) is 2.13. The zero-order valence-electron chi connectivity index (χ0n) is 11.2. The monoisotopic (exact) mass is 300 g/mol. The summed E-state index contributed by atoms with van der Waals surface area (Å²) in [7, 11) is 0. The third kappa shape index (κ3) is 2.43. The molecule has 1 aliphatic heterocycles. The minimum atomic E-state index is -0.366. The molecule has 0 fully saturated rings. The quantitative estimate of drug-likeness (QED) is 0.735. The average Bonchev–Trinajstić information content (AvgIpc) is 2.80. The van der Waals surface area contributed by atoms with Gasteiger partial charge in [-0.25, -0.2) is 0 Å². The van der Waals surface area contributed by atoms with Crippen LogP contribution in [0, 0.1) is 6.54 Å². The number of nitrogens with zero attached hydrogens (tertiary/aromatic N) is 2. The first-order valence-corrected chi connectivity index (χ1v) is 7.09. The summed E-state index contributed by atoms with van der Waals surface area (Å²) in [4.78, 5) is 12.6. The van der Waals surface area contributed by atoms with Crippen LogP contribution in [-0.2, 0) is 6.54 Å². The van der Waals surface area contributed by atoms with E-state index in [0.29, 0.717) is 12.0 Å². The molecule has 1 radical (unpaired) electrons. The van der Waals surface area contributed by atoms with Gasteiger partial charge in [0.15, 0.2) is 0 Å². The molecule has 107 valence electrons. The van der Waals surface area contributed by atoms with Crippen molar-refractivity contribution in [2.45, 2.75) is 6.54 Å². The molecule has 0 N–H and O–H groups in total. The Bertz CT molecular complexity index is 860. The van der Waals surface area contributed by atoms with Gasteiger partial charge in [-0.05, 0) is 11.6 Å². The molecule has 0 unspecified atom stereocenters. The van der Waals surface area contributed by atoms with Crippen molar-refractivity contribution in [1.29, 1.82) is 0 Å². The predicted molar refractivity (Wildman–Crippen MR) is 80.9 cm³/mol. The van der Waals surface area contributed by atoms with Crippen molar-refractivity contribution in [2.75, 3.05) is 5.88 Å². The van der Waals surface area contributed by atoms with Crippen molar-refractivity contribution in [3.63, 3.8) is 0 Å². The molecule has 21 heavy (non-hydrogen) atoms. The molecule has 1 aromatic carbocycles. The minimum Gasteiger partial charge on any atom is -0.873 e. The molecule has 3 rings (SSSR count). The van der Waals surface area contributed by atoms with Crippen LogP contribution >= 0.6 is 11.6 Å². The van der Waals surface area contributed by atoms with Gasteiger partial charge in [-0.15, -0.1) is 11.6 Å². The lowest BCUT2D eigenvalue weighted by Crippen LogP contribution is -2.38. The van der Waals surface area contributed by atoms with Crippen molar-refractivity contribution in [3.8, 4) is 0 Å². The van der Waals surface area contributed by atoms with E-state index in [1.54, 1.807) is 21.8 Å². The summed E-state index contributed by atoms with van der Waals surface area (Å²) in [6.07, 6.45) is 5.44. The molecule has 2 aromatic rings. The normalized spacial score (nSPS) is 14.5. The molecule has 0 bridgehead atoms. The summed E-state index contributed by atoms with van der Waals surface area (Å²) < 4.78 is 3.20. The second-order valence-corrected chi connectivity index (χ2v) is 4.98. The molecular formula is C16H13ClN2O2-. The molecule has 0 saturated carbocycles. The van der Waals surface area contributed by atoms with Crippen molar-refractivity contribution in [3.05, 3.63) is 75.8 Å². The number of benzene rings is 1. The number of allylic oxidation sites excluding steroid dienone is 2. The van der Waals surface area contributed by atoms with Gasteiger partial charge in [0.1, 0.15) is 5.48 Å². The average molecular weight is 301 g/mol. The second-order valence-electron chi connectivity index (χ2n) is 4.71. The van der Waals surface area contributed by atoms with Gasteiger partial charge < -0.3 is 9.67 Å². The fourth-order valence-corrected chi connectivity index (χ4v) is 2.54.